The summed E-state index contributed by atoms with van der Waals surface area (Å²) in [5.74, 6) is 0. The summed E-state index contributed by atoms with van der Waals surface area (Å²) >= 11 is 4.98. The molecule has 1 aliphatic heterocycles. The zero-order valence-corrected chi connectivity index (χ0v) is 15.3. The number of carbonyl (C=O) groups excluding carboxylic acids is 1. The molecule has 5 nitrogen and oxygen atoms in total. The Bertz CT molecular complexity index is 686. The Kier molecular flexibility index (Phi) is 5.30. The molecule has 2 aromatic rings. The molecule has 0 radical (unpaired) electrons. The van der Waals surface area contributed by atoms with Crippen molar-refractivity contribution in [2.24, 2.45) is 0 Å². The molecule has 23 heavy (non-hydrogen) atoms. The second kappa shape index (κ2) is 7.42. The van der Waals surface area contributed by atoms with Crippen molar-refractivity contribution in [2.75, 3.05) is 25.5 Å². The van der Waals surface area contributed by atoms with E-state index in [9.17, 15) is 4.79 Å². The average molecular weight is 395 g/mol. The first kappa shape index (κ1) is 16.4. The van der Waals surface area contributed by atoms with Gasteiger partial charge in [0, 0.05) is 35.4 Å². The molecule has 0 fully saturated rings. The second-order valence-corrected chi connectivity index (χ2v) is 7.63. The van der Waals surface area contributed by atoms with Crippen molar-refractivity contribution in [3.05, 3.63) is 44.9 Å². The minimum atomic E-state index is -0.193. The number of amides is 2. The average Bonchev–Trinajstić information content (AvgIpc) is 2.90. The van der Waals surface area contributed by atoms with Gasteiger partial charge in [0.2, 0.25) is 0 Å². The fourth-order valence-electron chi connectivity index (χ4n) is 2.49. The lowest BCUT2D eigenvalue weighted by atomic mass is 10.1. The molecule has 0 spiro atoms. The van der Waals surface area contributed by atoms with Crippen LogP contribution in [0.4, 0.5) is 9.93 Å². The number of hydrogen-bond donors (Lipinski definition) is 2. The number of rotatable bonds is 4. The molecular weight excluding hydrogens is 376 g/mol. The number of benzene rings is 1. The third-order valence-electron chi connectivity index (χ3n) is 3.76. The second-order valence-electron chi connectivity index (χ2n) is 5.63. The minimum Gasteiger partial charge on any atom is -0.337 e. The maximum atomic E-state index is 12.0. The van der Waals surface area contributed by atoms with Crippen LogP contribution in [-0.2, 0) is 19.4 Å². The molecule has 7 heteroatoms. The summed E-state index contributed by atoms with van der Waals surface area (Å²) in [5.41, 5.74) is 2.32. The van der Waals surface area contributed by atoms with Crippen LogP contribution in [0.5, 0.6) is 0 Å². The molecular formula is C16H19BrN4OS. The summed E-state index contributed by atoms with van der Waals surface area (Å²) < 4.78 is 1.06. The summed E-state index contributed by atoms with van der Waals surface area (Å²) in [6.07, 6.45) is 1.76. The van der Waals surface area contributed by atoms with Gasteiger partial charge in [-0.05, 0) is 31.2 Å². The highest BCUT2D eigenvalue weighted by Crippen LogP contribution is 2.27. The molecule has 0 unspecified atom stereocenters. The van der Waals surface area contributed by atoms with Crippen LogP contribution in [0.3, 0.4) is 0 Å². The third-order valence-corrected chi connectivity index (χ3v) is 5.28. The lowest BCUT2D eigenvalue weighted by Crippen LogP contribution is -2.30. The van der Waals surface area contributed by atoms with Crippen LogP contribution in [-0.4, -0.2) is 36.1 Å². The predicted molar refractivity (Wildman–Crippen MR) is 97.0 cm³/mol. The Morgan fingerprint density at radius 1 is 1.39 bits per heavy atom. The zero-order chi connectivity index (χ0) is 16.2. The van der Waals surface area contributed by atoms with Crippen molar-refractivity contribution in [2.45, 2.75) is 19.4 Å². The normalized spacial score (nSPS) is 14.3. The lowest BCUT2D eigenvalue weighted by Gasteiger charge is -2.20. The number of aromatic nitrogens is 1. The van der Waals surface area contributed by atoms with E-state index in [1.807, 2.05) is 12.1 Å². The van der Waals surface area contributed by atoms with Gasteiger partial charge in [0.05, 0.1) is 5.69 Å². The number of nitrogens with one attached hydrogen (secondary N) is 2. The van der Waals surface area contributed by atoms with E-state index < -0.39 is 0 Å². The summed E-state index contributed by atoms with van der Waals surface area (Å²) in [5, 5.41) is 6.41. The maximum Gasteiger partial charge on any atom is 0.321 e. The van der Waals surface area contributed by atoms with Gasteiger partial charge in [-0.3, -0.25) is 5.32 Å². The first-order valence-corrected chi connectivity index (χ1v) is 9.17. The van der Waals surface area contributed by atoms with E-state index in [0.29, 0.717) is 11.7 Å². The van der Waals surface area contributed by atoms with Crippen LogP contribution in [0.25, 0.3) is 0 Å². The van der Waals surface area contributed by atoms with E-state index in [4.69, 9.17) is 0 Å². The van der Waals surface area contributed by atoms with Crippen molar-refractivity contribution in [1.29, 1.82) is 0 Å². The van der Waals surface area contributed by atoms with E-state index in [1.54, 1.807) is 11.3 Å². The number of carbonyl (C=O) groups is 1. The van der Waals surface area contributed by atoms with Gasteiger partial charge in [0.25, 0.3) is 0 Å². The van der Waals surface area contributed by atoms with Crippen LogP contribution in [0, 0.1) is 0 Å². The largest absolute Gasteiger partial charge is 0.337 e. The van der Waals surface area contributed by atoms with Gasteiger partial charge in [-0.2, -0.15) is 0 Å². The van der Waals surface area contributed by atoms with Crippen molar-refractivity contribution >= 4 is 38.4 Å². The highest BCUT2D eigenvalue weighted by molar-refractivity contribution is 9.10. The van der Waals surface area contributed by atoms with Gasteiger partial charge in [0.15, 0.2) is 5.13 Å². The van der Waals surface area contributed by atoms with Gasteiger partial charge in [-0.1, -0.05) is 28.1 Å². The molecule has 0 saturated heterocycles. The lowest BCUT2D eigenvalue weighted by molar-refractivity contribution is 0.252. The summed E-state index contributed by atoms with van der Waals surface area (Å²) in [6.45, 7) is 2.54. The number of halogens is 1. The molecule has 1 aromatic heterocycles. The summed E-state index contributed by atoms with van der Waals surface area (Å²) in [4.78, 5) is 20.0. The van der Waals surface area contributed by atoms with Crippen molar-refractivity contribution in [1.82, 2.24) is 15.2 Å². The predicted octanol–water partition coefficient (Wildman–Crippen LogP) is 3.26. The van der Waals surface area contributed by atoms with E-state index in [0.717, 1.165) is 36.1 Å². The van der Waals surface area contributed by atoms with Crippen molar-refractivity contribution in [3.63, 3.8) is 0 Å². The molecule has 2 heterocycles. The number of urea groups is 1. The molecule has 0 aliphatic carbocycles. The van der Waals surface area contributed by atoms with Gasteiger partial charge in [-0.25, -0.2) is 9.78 Å². The van der Waals surface area contributed by atoms with Crippen molar-refractivity contribution in [3.8, 4) is 0 Å². The fourth-order valence-corrected chi connectivity index (χ4v) is 3.84. The van der Waals surface area contributed by atoms with Gasteiger partial charge in [0.1, 0.15) is 0 Å². The molecule has 122 valence electrons. The van der Waals surface area contributed by atoms with E-state index in [1.165, 1.54) is 10.4 Å². The summed E-state index contributed by atoms with van der Waals surface area (Å²) in [7, 11) is 2.10. The number of nitrogens with zero attached hydrogens (tertiary/aromatic N) is 2. The molecule has 3 rings (SSSR count). The van der Waals surface area contributed by atoms with Gasteiger partial charge in [-0.15, -0.1) is 11.3 Å². The summed E-state index contributed by atoms with van der Waals surface area (Å²) in [6, 6.07) is 7.92. The van der Waals surface area contributed by atoms with Gasteiger partial charge < -0.3 is 10.2 Å². The monoisotopic (exact) mass is 394 g/mol. The number of hydrogen-bond acceptors (Lipinski definition) is 4. The Hall–Kier alpha value is -1.44. The first-order chi connectivity index (χ1) is 11.1. The first-order valence-electron chi connectivity index (χ1n) is 7.56. The smallest absolute Gasteiger partial charge is 0.321 e. The van der Waals surface area contributed by atoms with Crippen LogP contribution in [0.15, 0.2) is 28.7 Å². The number of anilines is 1. The molecule has 2 amide bonds. The Morgan fingerprint density at radius 3 is 2.96 bits per heavy atom. The Labute approximate surface area is 148 Å². The quantitative estimate of drug-likeness (QED) is 0.836. The van der Waals surface area contributed by atoms with E-state index in [-0.39, 0.29) is 6.03 Å². The third kappa shape index (κ3) is 4.53. The SMILES string of the molecule is CN1CCc2nc(NC(=O)NCCc3ccc(Br)cc3)sc2C1. The van der Waals surface area contributed by atoms with Crippen LogP contribution >= 0.6 is 27.3 Å². The molecule has 0 bridgehead atoms. The van der Waals surface area contributed by atoms with E-state index in [2.05, 4.69) is 55.6 Å². The standard InChI is InChI=1S/C16H19BrN4OS/c1-21-9-7-13-14(10-21)23-16(19-13)20-15(22)18-8-6-11-2-4-12(17)5-3-11/h2-5H,6-10H2,1H3,(H2,18,19,20,22). The number of fused-ring (bicyclic) bond motifs is 1. The van der Waals surface area contributed by atoms with Crippen LogP contribution in [0.2, 0.25) is 0 Å². The Morgan fingerprint density at radius 2 is 2.17 bits per heavy atom. The number of likely N-dealkylation sites (N-methyl/N-ethyl adjacent to an activating group) is 1. The van der Waals surface area contributed by atoms with Crippen LogP contribution in [0.1, 0.15) is 16.1 Å². The minimum absolute atomic E-state index is 0.193. The number of thiazole rings is 1. The molecule has 0 saturated carbocycles. The fraction of sp³-hybridized carbons (Fsp3) is 0.375. The zero-order valence-electron chi connectivity index (χ0n) is 12.9. The van der Waals surface area contributed by atoms with Gasteiger partial charge >= 0.3 is 6.03 Å². The maximum absolute atomic E-state index is 12.0. The molecule has 2 N–H and O–H groups in total. The molecule has 1 aliphatic rings. The highest BCUT2D eigenvalue weighted by atomic mass is 79.9. The van der Waals surface area contributed by atoms with Crippen molar-refractivity contribution < 1.29 is 4.79 Å². The van der Waals surface area contributed by atoms with E-state index >= 15 is 0 Å². The highest BCUT2D eigenvalue weighted by Gasteiger charge is 2.18. The Balaban J connectivity index is 1.47. The topological polar surface area (TPSA) is 57.3 Å². The molecule has 0 atom stereocenters. The molecule has 1 aromatic carbocycles. The van der Waals surface area contributed by atoms with Crippen LogP contribution < -0.4 is 10.6 Å².